The molecule has 1 unspecified atom stereocenters. The molecule has 41 heavy (non-hydrogen) atoms. The molecule has 1 saturated heterocycles. The number of nitrogens with one attached hydrogen (secondary N) is 1. The first kappa shape index (κ1) is 28.2. The van der Waals surface area contributed by atoms with Gasteiger partial charge in [0.1, 0.15) is 21.5 Å². The van der Waals surface area contributed by atoms with Crippen LogP contribution in [0, 0.1) is 0 Å². The molecule has 4 aromatic rings. The van der Waals surface area contributed by atoms with E-state index in [0.29, 0.717) is 36.3 Å². The van der Waals surface area contributed by atoms with Crippen molar-refractivity contribution in [2.75, 3.05) is 23.3 Å². The second-order valence-electron chi connectivity index (χ2n) is 9.94. The molecule has 1 aromatic carbocycles. The summed E-state index contributed by atoms with van der Waals surface area (Å²) in [7, 11) is 1.82. The summed E-state index contributed by atoms with van der Waals surface area (Å²) in [5, 5.41) is 25.3. The van der Waals surface area contributed by atoms with Crippen LogP contribution in [0.25, 0.3) is 0 Å². The van der Waals surface area contributed by atoms with Crippen LogP contribution in [0.1, 0.15) is 40.4 Å². The smallest absolute Gasteiger partial charge is 0.394 e. The molecule has 14 heteroatoms. The molecule has 0 aliphatic carbocycles. The Morgan fingerprint density at radius 2 is 1.95 bits per heavy atom. The predicted octanol–water partition coefficient (Wildman–Crippen LogP) is 3.58. The number of aryl methyl sites for hydroxylation is 1. The number of aromatic nitrogens is 6. The van der Waals surface area contributed by atoms with E-state index in [2.05, 4.69) is 40.4 Å². The Balaban J connectivity index is 1.11. The molecular weight excluding hydrogens is 554 g/mol. The zero-order valence-corrected chi connectivity index (χ0v) is 23.3. The number of hydrogen-bond donors (Lipinski definition) is 1. The number of hydrogen-bond acceptors (Lipinski definition) is 10. The number of halogens is 2. The number of nitrogens with zero attached hydrogens (tertiary/aromatic N) is 7. The normalized spacial score (nSPS) is 15.2. The Hall–Kier alpha value is -4.33. The molecule has 1 aliphatic heterocycles. The van der Waals surface area contributed by atoms with Gasteiger partial charge in [0.2, 0.25) is 5.91 Å². The van der Waals surface area contributed by atoms with Gasteiger partial charge in [-0.05, 0) is 41.8 Å². The van der Waals surface area contributed by atoms with Gasteiger partial charge in [-0.3, -0.25) is 14.3 Å². The standard InChI is InChI=1S/C27H28F2N8O3S/c1-27(28,29)40-21-5-3-4-17(11-21)12-24(39)31-22-6-7-23(33-32-22)37-9-8-19(16-37)26-35-34-25(41-26)13-20(38)10-18-14-30-36(2)15-18/h3-7,11,14-15,19H,8-10,12-13,16H2,1-2H3,(H,31,32,39). The minimum atomic E-state index is -3.31. The summed E-state index contributed by atoms with van der Waals surface area (Å²) in [6.07, 6.45) is 1.60. The van der Waals surface area contributed by atoms with E-state index in [1.165, 1.54) is 23.5 Å². The highest BCUT2D eigenvalue weighted by Crippen LogP contribution is 2.32. The first-order valence-corrected chi connectivity index (χ1v) is 13.8. The molecule has 0 spiro atoms. The molecule has 1 aliphatic rings. The number of rotatable bonds is 11. The lowest BCUT2D eigenvalue weighted by atomic mass is 10.1. The highest BCUT2D eigenvalue weighted by molar-refractivity contribution is 7.11. The molecule has 1 N–H and O–H groups in total. The zero-order valence-electron chi connectivity index (χ0n) is 22.5. The molecule has 214 valence electrons. The SMILES string of the molecule is Cn1cc(CC(=O)Cc2nnc(C3CCN(c4ccc(NC(=O)Cc5cccc(OC(C)(F)F)c5)nn4)C3)s2)cn1. The Labute approximate surface area is 238 Å². The molecule has 4 heterocycles. The molecule has 0 bridgehead atoms. The number of ether oxygens (including phenoxy) is 1. The Morgan fingerprint density at radius 3 is 2.68 bits per heavy atom. The first-order chi connectivity index (χ1) is 19.6. The van der Waals surface area contributed by atoms with Gasteiger partial charge >= 0.3 is 6.11 Å². The Kier molecular flexibility index (Phi) is 8.28. The maximum Gasteiger partial charge on any atom is 0.394 e. The van der Waals surface area contributed by atoms with Gasteiger partial charge < -0.3 is 15.0 Å². The third-order valence-corrected chi connectivity index (χ3v) is 7.42. The van der Waals surface area contributed by atoms with E-state index >= 15 is 0 Å². The zero-order chi connectivity index (χ0) is 29.0. The van der Waals surface area contributed by atoms with E-state index in [-0.39, 0.29) is 42.0 Å². The van der Waals surface area contributed by atoms with Gasteiger partial charge in [-0.15, -0.1) is 31.7 Å². The maximum atomic E-state index is 13.1. The molecule has 1 amide bonds. The van der Waals surface area contributed by atoms with Gasteiger partial charge in [0.15, 0.2) is 11.6 Å². The molecule has 3 aromatic heterocycles. The average molecular weight is 583 g/mol. The minimum absolute atomic E-state index is 0.0186. The lowest BCUT2D eigenvalue weighted by Crippen LogP contribution is -2.21. The van der Waals surface area contributed by atoms with Crippen LogP contribution in [-0.4, -0.2) is 61.1 Å². The van der Waals surface area contributed by atoms with Crippen molar-refractivity contribution in [3.8, 4) is 5.75 Å². The van der Waals surface area contributed by atoms with Crippen molar-refractivity contribution in [3.05, 3.63) is 69.9 Å². The van der Waals surface area contributed by atoms with Crippen LogP contribution in [-0.2, 0) is 35.9 Å². The van der Waals surface area contributed by atoms with Crippen molar-refractivity contribution >= 4 is 34.7 Å². The van der Waals surface area contributed by atoms with Crippen molar-refractivity contribution in [3.63, 3.8) is 0 Å². The largest absolute Gasteiger partial charge is 0.433 e. The fourth-order valence-electron chi connectivity index (χ4n) is 4.55. The number of carbonyl (C=O) groups is 2. The summed E-state index contributed by atoms with van der Waals surface area (Å²) >= 11 is 1.47. The number of benzene rings is 1. The monoisotopic (exact) mass is 582 g/mol. The highest BCUT2D eigenvalue weighted by Gasteiger charge is 2.28. The number of amides is 1. The fraction of sp³-hybridized carbons (Fsp3) is 0.370. The minimum Gasteiger partial charge on any atom is -0.433 e. The number of alkyl halides is 2. The van der Waals surface area contributed by atoms with Crippen molar-refractivity contribution in [1.82, 2.24) is 30.2 Å². The molecule has 0 radical (unpaired) electrons. The van der Waals surface area contributed by atoms with E-state index in [4.69, 9.17) is 0 Å². The number of carbonyl (C=O) groups excluding carboxylic acids is 2. The van der Waals surface area contributed by atoms with Gasteiger partial charge in [0.25, 0.3) is 0 Å². The average Bonchev–Trinajstić information content (AvgIpc) is 3.65. The molecule has 11 nitrogen and oxygen atoms in total. The number of ketones is 1. The summed E-state index contributed by atoms with van der Waals surface area (Å²) in [4.78, 5) is 27.0. The second kappa shape index (κ2) is 12.0. The summed E-state index contributed by atoms with van der Waals surface area (Å²) in [6.45, 7) is 2.10. The molecule has 5 rings (SSSR count). The number of anilines is 2. The van der Waals surface area contributed by atoms with Crippen LogP contribution in [0.2, 0.25) is 0 Å². The van der Waals surface area contributed by atoms with Crippen molar-refractivity contribution in [2.24, 2.45) is 7.05 Å². The predicted molar refractivity (Wildman–Crippen MR) is 147 cm³/mol. The van der Waals surface area contributed by atoms with Crippen LogP contribution >= 0.6 is 11.3 Å². The van der Waals surface area contributed by atoms with E-state index in [0.717, 1.165) is 23.5 Å². The van der Waals surface area contributed by atoms with Crippen molar-refractivity contribution < 1.29 is 23.1 Å². The van der Waals surface area contributed by atoms with Gasteiger partial charge in [-0.25, -0.2) is 0 Å². The summed E-state index contributed by atoms with van der Waals surface area (Å²) in [5.74, 6) is 0.816. The quantitative estimate of drug-likeness (QED) is 0.282. The first-order valence-electron chi connectivity index (χ1n) is 13.0. The highest BCUT2D eigenvalue weighted by atomic mass is 32.1. The topological polar surface area (TPSA) is 128 Å². The van der Waals surface area contributed by atoms with Crippen LogP contribution in [0.3, 0.4) is 0 Å². The van der Waals surface area contributed by atoms with Gasteiger partial charge in [-0.2, -0.15) is 13.9 Å². The van der Waals surface area contributed by atoms with E-state index in [1.54, 1.807) is 35.1 Å². The third kappa shape index (κ3) is 7.87. The molecule has 1 fully saturated rings. The molecular formula is C27H28F2N8O3S. The van der Waals surface area contributed by atoms with E-state index < -0.39 is 6.11 Å². The third-order valence-electron chi connectivity index (χ3n) is 6.33. The van der Waals surface area contributed by atoms with Crippen LogP contribution in [0.5, 0.6) is 5.75 Å². The van der Waals surface area contributed by atoms with Gasteiger partial charge in [-0.1, -0.05) is 12.1 Å². The van der Waals surface area contributed by atoms with Gasteiger partial charge in [0, 0.05) is 45.6 Å². The summed E-state index contributed by atoms with van der Waals surface area (Å²) < 4.78 is 32.4. The van der Waals surface area contributed by atoms with E-state index in [1.807, 2.05) is 13.2 Å². The Bertz CT molecular complexity index is 1520. The van der Waals surface area contributed by atoms with Crippen LogP contribution in [0.4, 0.5) is 20.4 Å². The molecule has 0 saturated carbocycles. The second-order valence-corrected chi connectivity index (χ2v) is 11.0. The van der Waals surface area contributed by atoms with Crippen molar-refractivity contribution in [1.29, 1.82) is 0 Å². The van der Waals surface area contributed by atoms with Gasteiger partial charge in [0.05, 0.1) is 19.0 Å². The van der Waals surface area contributed by atoms with Crippen molar-refractivity contribution in [2.45, 2.75) is 44.6 Å². The number of Topliss-reactive ketones (excluding diaryl/α,β-unsaturated/α-hetero) is 1. The maximum absolute atomic E-state index is 13.1. The molecule has 1 atom stereocenters. The van der Waals surface area contributed by atoms with Crippen LogP contribution < -0.4 is 15.0 Å². The lowest BCUT2D eigenvalue weighted by molar-refractivity contribution is -0.159. The van der Waals surface area contributed by atoms with E-state index in [9.17, 15) is 18.4 Å². The fourth-order valence-corrected chi connectivity index (χ4v) is 5.55. The van der Waals surface area contributed by atoms with Crippen LogP contribution in [0.15, 0.2) is 48.8 Å². The Morgan fingerprint density at radius 1 is 1.10 bits per heavy atom. The lowest BCUT2D eigenvalue weighted by Gasteiger charge is -2.16. The summed E-state index contributed by atoms with van der Waals surface area (Å²) in [6, 6.07) is 9.46. The summed E-state index contributed by atoms with van der Waals surface area (Å²) in [5.41, 5.74) is 1.40.